The number of nitrogens with zero attached hydrogens (tertiary/aromatic N) is 1. The fourth-order valence-corrected chi connectivity index (χ4v) is 4.83. The Morgan fingerprint density at radius 2 is 1.90 bits per heavy atom. The lowest BCUT2D eigenvalue weighted by atomic mass is 9.89. The maximum Gasteiger partial charge on any atom is 0.142 e. The quantitative estimate of drug-likeness (QED) is 0.546. The van der Waals surface area contributed by atoms with Crippen molar-refractivity contribution < 1.29 is 4.84 Å². The summed E-state index contributed by atoms with van der Waals surface area (Å²) in [4.78, 5) is 5.61. The third kappa shape index (κ3) is 5.12. The fourth-order valence-electron chi connectivity index (χ4n) is 2.91. The minimum Gasteiger partial charge on any atom is -0.391 e. The van der Waals surface area contributed by atoms with Gasteiger partial charge in [-0.15, -0.1) is 0 Å². The van der Waals surface area contributed by atoms with E-state index in [1.807, 2.05) is 18.2 Å². The highest BCUT2D eigenvalue weighted by molar-refractivity contribution is 6.76. The highest BCUT2D eigenvalue weighted by Crippen LogP contribution is 2.29. The molecule has 0 bridgehead atoms. The molecule has 0 aliphatic heterocycles. The van der Waals surface area contributed by atoms with Gasteiger partial charge in [0.25, 0.3) is 0 Å². The SMILES string of the molecule is C[Si](C)(C)CC1CCCC/C1=N\OCc1ccccc1. The molecule has 0 spiro atoms. The monoisotopic (exact) mass is 289 g/mol. The molecule has 3 heteroatoms. The van der Waals surface area contributed by atoms with E-state index in [-0.39, 0.29) is 0 Å². The van der Waals surface area contributed by atoms with Crippen LogP contribution in [0.5, 0.6) is 0 Å². The van der Waals surface area contributed by atoms with E-state index in [0.717, 1.165) is 6.42 Å². The predicted octanol–water partition coefficient (Wildman–Crippen LogP) is 5.09. The lowest BCUT2D eigenvalue weighted by Gasteiger charge is -2.28. The van der Waals surface area contributed by atoms with Gasteiger partial charge in [-0.1, -0.05) is 61.5 Å². The van der Waals surface area contributed by atoms with Crippen molar-refractivity contribution in [2.24, 2.45) is 11.1 Å². The maximum absolute atomic E-state index is 5.61. The van der Waals surface area contributed by atoms with Crippen LogP contribution in [0.2, 0.25) is 25.7 Å². The van der Waals surface area contributed by atoms with Crippen molar-refractivity contribution in [2.45, 2.75) is 58.0 Å². The summed E-state index contributed by atoms with van der Waals surface area (Å²) < 4.78 is 0. The van der Waals surface area contributed by atoms with Crippen molar-refractivity contribution in [1.82, 2.24) is 0 Å². The van der Waals surface area contributed by atoms with E-state index >= 15 is 0 Å². The van der Waals surface area contributed by atoms with Crippen LogP contribution in [0.15, 0.2) is 35.5 Å². The molecule has 0 N–H and O–H groups in total. The molecule has 1 unspecified atom stereocenters. The normalized spacial score (nSPS) is 21.9. The summed E-state index contributed by atoms with van der Waals surface area (Å²) in [6.45, 7) is 7.93. The van der Waals surface area contributed by atoms with Gasteiger partial charge in [-0.2, -0.15) is 0 Å². The van der Waals surface area contributed by atoms with Gasteiger partial charge in [-0.3, -0.25) is 0 Å². The minimum atomic E-state index is -1.03. The van der Waals surface area contributed by atoms with E-state index in [2.05, 4.69) is 36.9 Å². The number of hydrogen-bond acceptors (Lipinski definition) is 2. The molecule has 0 aromatic heterocycles. The van der Waals surface area contributed by atoms with Crippen molar-refractivity contribution in [3.63, 3.8) is 0 Å². The molecular weight excluding hydrogens is 262 g/mol. The van der Waals surface area contributed by atoms with Crippen molar-refractivity contribution in [3.8, 4) is 0 Å². The van der Waals surface area contributed by atoms with Crippen LogP contribution in [0.4, 0.5) is 0 Å². The van der Waals surface area contributed by atoms with Crippen LogP contribution < -0.4 is 0 Å². The van der Waals surface area contributed by atoms with Gasteiger partial charge in [0.15, 0.2) is 0 Å². The summed E-state index contributed by atoms with van der Waals surface area (Å²) in [6, 6.07) is 11.6. The predicted molar refractivity (Wildman–Crippen MR) is 88.8 cm³/mol. The second-order valence-electron chi connectivity index (χ2n) is 7.05. The van der Waals surface area contributed by atoms with E-state index in [4.69, 9.17) is 4.84 Å². The number of benzene rings is 1. The molecule has 0 saturated heterocycles. The van der Waals surface area contributed by atoms with Gasteiger partial charge in [-0.05, 0) is 36.8 Å². The summed E-state index contributed by atoms with van der Waals surface area (Å²) in [5, 5.41) is 4.48. The van der Waals surface area contributed by atoms with Gasteiger partial charge in [0.2, 0.25) is 0 Å². The van der Waals surface area contributed by atoms with Gasteiger partial charge in [-0.25, -0.2) is 0 Å². The minimum absolute atomic E-state index is 0.587. The Bertz CT molecular complexity index is 436. The largest absolute Gasteiger partial charge is 0.391 e. The van der Waals surface area contributed by atoms with Crippen LogP contribution in [-0.4, -0.2) is 13.8 Å². The first-order valence-electron chi connectivity index (χ1n) is 7.77. The van der Waals surface area contributed by atoms with E-state index in [9.17, 15) is 0 Å². The molecule has 1 aromatic rings. The molecule has 1 saturated carbocycles. The highest BCUT2D eigenvalue weighted by Gasteiger charge is 2.27. The molecule has 20 heavy (non-hydrogen) atoms. The Morgan fingerprint density at radius 3 is 2.60 bits per heavy atom. The van der Waals surface area contributed by atoms with Gasteiger partial charge < -0.3 is 4.84 Å². The zero-order chi connectivity index (χ0) is 14.4. The first kappa shape index (κ1) is 15.3. The Balaban J connectivity index is 1.92. The van der Waals surface area contributed by atoms with Gasteiger partial charge in [0.05, 0.1) is 5.71 Å². The molecule has 2 nitrogen and oxygen atoms in total. The summed E-state index contributed by atoms with van der Waals surface area (Å²) in [5.41, 5.74) is 2.50. The van der Waals surface area contributed by atoms with Crippen molar-refractivity contribution in [1.29, 1.82) is 0 Å². The zero-order valence-corrected chi connectivity index (χ0v) is 14.1. The summed E-state index contributed by atoms with van der Waals surface area (Å²) in [6.07, 6.45) is 5.06. The van der Waals surface area contributed by atoms with Crippen LogP contribution >= 0.6 is 0 Å². The Labute approximate surface area is 124 Å². The van der Waals surface area contributed by atoms with E-state index in [1.165, 1.54) is 36.6 Å². The van der Waals surface area contributed by atoms with Crippen molar-refractivity contribution >= 4 is 13.8 Å². The van der Waals surface area contributed by atoms with E-state index < -0.39 is 8.07 Å². The maximum atomic E-state index is 5.61. The standard InChI is InChI=1S/C17H27NOSi/c1-20(2,3)14-16-11-7-8-12-17(16)18-19-13-15-9-5-4-6-10-15/h4-6,9-10,16H,7-8,11-14H2,1-3H3/b18-17+. The van der Waals surface area contributed by atoms with E-state index in [0.29, 0.717) is 12.5 Å². The second-order valence-corrected chi connectivity index (χ2v) is 12.6. The highest BCUT2D eigenvalue weighted by atomic mass is 28.3. The molecule has 0 amide bonds. The van der Waals surface area contributed by atoms with Gasteiger partial charge in [0.1, 0.15) is 6.61 Å². The lowest BCUT2D eigenvalue weighted by Crippen LogP contribution is -2.30. The molecule has 1 aliphatic rings. The summed E-state index contributed by atoms with van der Waals surface area (Å²) in [7, 11) is -1.03. The Morgan fingerprint density at radius 1 is 1.15 bits per heavy atom. The topological polar surface area (TPSA) is 21.6 Å². The third-order valence-electron chi connectivity index (χ3n) is 3.82. The average Bonchev–Trinajstić information content (AvgIpc) is 2.40. The molecule has 0 heterocycles. The summed E-state index contributed by atoms with van der Waals surface area (Å²) in [5.74, 6) is 0.672. The van der Waals surface area contributed by atoms with Crippen molar-refractivity contribution in [2.75, 3.05) is 0 Å². The Hall–Kier alpha value is -1.09. The summed E-state index contributed by atoms with van der Waals surface area (Å²) >= 11 is 0. The fraction of sp³-hybridized carbons (Fsp3) is 0.588. The van der Waals surface area contributed by atoms with Gasteiger partial charge in [0, 0.05) is 8.07 Å². The van der Waals surface area contributed by atoms with Crippen LogP contribution in [0.1, 0.15) is 31.2 Å². The first-order valence-corrected chi connectivity index (χ1v) is 11.5. The van der Waals surface area contributed by atoms with Crippen LogP contribution in [0, 0.1) is 5.92 Å². The molecule has 1 fully saturated rings. The van der Waals surface area contributed by atoms with E-state index in [1.54, 1.807) is 0 Å². The molecule has 1 aliphatic carbocycles. The molecule has 1 aromatic carbocycles. The molecule has 0 radical (unpaired) electrons. The number of hydrogen-bond donors (Lipinski definition) is 0. The van der Waals surface area contributed by atoms with Gasteiger partial charge >= 0.3 is 0 Å². The Kier molecular flexibility index (Phi) is 5.41. The average molecular weight is 289 g/mol. The van der Waals surface area contributed by atoms with Crippen molar-refractivity contribution in [3.05, 3.63) is 35.9 Å². The smallest absolute Gasteiger partial charge is 0.142 e. The molecular formula is C17H27NOSi. The molecule has 2 rings (SSSR count). The van der Waals surface area contributed by atoms with Crippen LogP contribution in [-0.2, 0) is 11.4 Å². The molecule has 110 valence electrons. The third-order valence-corrected chi connectivity index (χ3v) is 5.54. The lowest BCUT2D eigenvalue weighted by molar-refractivity contribution is 0.127. The van der Waals surface area contributed by atoms with Crippen LogP contribution in [0.25, 0.3) is 0 Å². The second kappa shape index (κ2) is 7.07. The van der Waals surface area contributed by atoms with Crippen LogP contribution in [0.3, 0.4) is 0 Å². The zero-order valence-electron chi connectivity index (χ0n) is 13.1. The number of oxime groups is 1. The first-order chi connectivity index (χ1) is 9.54. The number of rotatable bonds is 5. The molecule has 1 atom stereocenters.